The predicted molar refractivity (Wildman–Crippen MR) is 85.4 cm³/mol. The number of amides is 1. The Morgan fingerprint density at radius 2 is 2.13 bits per heavy atom. The third-order valence-corrected chi connectivity index (χ3v) is 3.64. The Morgan fingerprint density at radius 1 is 1.43 bits per heavy atom. The monoisotopic (exact) mass is 323 g/mol. The summed E-state index contributed by atoms with van der Waals surface area (Å²) in [5.41, 5.74) is 1.48. The van der Waals surface area contributed by atoms with Crippen LogP contribution < -0.4 is 4.74 Å². The van der Waals surface area contributed by atoms with Gasteiger partial charge in [0.15, 0.2) is 5.75 Å². The number of morpholine rings is 1. The Morgan fingerprint density at radius 3 is 2.74 bits per heavy atom. The molecule has 0 radical (unpaired) electrons. The third kappa shape index (κ3) is 4.40. The number of aromatic nitrogens is 1. The second-order valence-electron chi connectivity index (χ2n) is 5.53. The van der Waals surface area contributed by atoms with Gasteiger partial charge in [0, 0.05) is 45.6 Å². The molecule has 1 amide bonds. The Balaban J connectivity index is 2.33. The second kappa shape index (κ2) is 8.24. The fourth-order valence-corrected chi connectivity index (χ4v) is 2.44. The molecule has 2 heterocycles. The van der Waals surface area contributed by atoms with Gasteiger partial charge in [-0.15, -0.1) is 0 Å². The molecule has 0 bridgehead atoms. The molecule has 128 valence electrons. The molecule has 0 aliphatic carbocycles. The summed E-state index contributed by atoms with van der Waals surface area (Å²) in [4.78, 5) is 19.8. The van der Waals surface area contributed by atoms with Gasteiger partial charge in [0.05, 0.1) is 18.9 Å². The molecule has 7 heteroatoms. The highest BCUT2D eigenvalue weighted by molar-refractivity contribution is 5.70. The molecule has 0 spiro atoms. The highest BCUT2D eigenvalue weighted by Crippen LogP contribution is 2.33. The van der Waals surface area contributed by atoms with Gasteiger partial charge in [0.1, 0.15) is 6.23 Å². The van der Waals surface area contributed by atoms with Gasteiger partial charge >= 0.3 is 6.09 Å². The normalized spacial score (nSPS) is 16.9. The fourth-order valence-electron chi connectivity index (χ4n) is 2.44. The molecule has 1 aromatic rings. The number of hydrogen-bond donors (Lipinski definition) is 0. The van der Waals surface area contributed by atoms with Crippen LogP contribution in [-0.4, -0.2) is 67.9 Å². The quantitative estimate of drug-likeness (QED) is 0.823. The van der Waals surface area contributed by atoms with Crippen molar-refractivity contribution in [3.8, 4) is 5.75 Å². The molecule has 1 aliphatic rings. The molecular formula is C16H25N3O4. The van der Waals surface area contributed by atoms with E-state index in [0.29, 0.717) is 31.3 Å². The maximum atomic E-state index is 12.0. The Bertz CT molecular complexity index is 530. The van der Waals surface area contributed by atoms with E-state index in [9.17, 15) is 4.79 Å². The highest BCUT2D eigenvalue weighted by atomic mass is 16.6. The van der Waals surface area contributed by atoms with Crippen molar-refractivity contribution >= 4 is 6.09 Å². The number of nitrogens with zero attached hydrogens (tertiary/aromatic N) is 3. The lowest BCUT2D eigenvalue weighted by Gasteiger charge is -2.35. The number of hydrogen-bond acceptors (Lipinski definition) is 6. The molecule has 7 nitrogen and oxygen atoms in total. The van der Waals surface area contributed by atoms with E-state index in [4.69, 9.17) is 14.2 Å². The third-order valence-electron chi connectivity index (χ3n) is 3.64. The minimum Gasteiger partial charge on any atom is -0.408 e. The van der Waals surface area contributed by atoms with Gasteiger partial charge < -0.3 is 19.1 Å². The lowest BCUT2D eigenvalue weighted by molar-refractivity contribution is -0.0964. The van der Waals surface area contributed by atoms with E-state index in [1.165, 1.54) is 4.90 Å². The van der Waals surface area contributed by atoms with E-state index in [-0.39, 0.29) is 6.23 Å². The second-order valence-corrected chi connectivity index (χ2v) is 5.53. The molecular weight excluding hydrogens is 298 g/mol. The molecule has 1 atom stereocenters. The summed E-state index contributed by atoms with van der Waals surface area (Å²) in [6.07, 6.45) is 1.000. The van der Waals surface area contributed by atoms with E-state index in [1.807, 2.05) is 19.9 Å². The maximum absolute atomic E-state index is 12.0. The summed E-state index contributed by atoms with van der Waals surface area (Å²) in [5.74, 6) is 0.469. The van der Waals surface area contributed by atoms with Crippen molar-refractivity contribution in [1.29, 1.82) is 0 Å². The van der Waals surface area contributed by atoms with E-state index < -0.39 is 6.09 Å². The fraction of sp³-hybridized carbons (Fsp3) is 0.625. The van der Waals surface area contributed by atoms with Crippen LogP contribution in [0.1, 0.15) is 24.4 Å². The highest BCUT2D eigenvalue weighted by Gasteiger charge is 2.28. The largest absolute Gasteiger partial charge is 0.414 e. The van der Waals surface area contributed by atoms with Crippen LogP contribution in [-0.2, 0) is 9.47 Å². The van der Waals surface area contributed by atoms with Gasteiger partial charge in [-0.1, -0.05) is 0 Å². The minimum atomic E-state index is -0.431. The summed E-state index contributed by atoms with van der Waals surface area (Å²) in [7, 11) is 3.30. The van der Waals surface area contributed by atoms with Crippen LogP contribution in [0.5, 0.6) is 5.75 Å². The van der Waals surface area contributed by atoms with Crippen LogP contribution >= 0.6 is 0 Å². The molecule has 1 aromatic heterocycles. The molecule has 1 aliphatic heterocycles. The van der Waals surface area contributed by atoms with Gasteiger partial charge in [-0.3, -0.25) is 9.88 Å². The topological polar surface area (TPSA) is 64.1 Å². The van der Waals surface area contributed by atoms with E-state index >= 15 is 0 Å². The minimum absolute atomic E-state index is 0.282. The molecule has 1 saturated heterocycles. The first-order chi connectivity index (χ1) is 11.0. The Labute approximate surface area is 137 Å². The molecule has 0 N–H and O–H groups in total. The van der Waals surface area contributed by atoms with Crippen LogP contribution in [0.4, 0.5) is 4.79 Å². The number of pyridine rings is 1. The standard InChI is InChI=1S/C16H25N3O4/c1-5-22-15(19-8-10-21-11-9-19)13-6-7-17-12(2)14(13)23-16(20)18(3)4/h6-7,15H,5,8-11H2,1-4H3. The van der Waals surface area contributed by atoms with Gasteiger partial charge in [0.25, 0.3) is 0 Å². The first-order valence-corrected chi connectivity index (χ1v) is 7.82. The molecule has 0 saturated carbocycles. The average Bonchev–Trinajstić information content (AvgIpc) is 2.55. The van der Waals surface area contributed by atoms with Crippen LogP contribution in [0, 0.1) is 6.92 Å². The van der Waals surface area contributed by atoms with Crippen LogP contribution in [0.25, 0.3) is 0 Å². The molecule has 2 rings (SSSR count). The summed E-state index contributed by atoms with van der Waals surface area (Å²) in [6, 6.07) is 1.85. The summed E-state index contributed by atoms with van der Waals surface area (Å²) < 4.78 is 16.9. The average molecular weight is 323 g/mol. The summed E-state index contributed by atoms with van der Waals surface area (Å²) in [5, 5.41) is 0. The summed E-state index contributed by atoms with van der Waals surface area (Å²) in [6.45, 7) is 7.21. The van der Waals surface area contributed by atoms with Crippen molar-refractivity contribution in [2.45, 2.75) is 20.1 Å². The molecule has 1 fully saturated rings. The van der Waals surface area contributed by atoms with Crippen molar-refractivity contribution in [3.63, 3.8) is 0 Å². The summed E-state index contributed by atoms with van der Waals surface area (Å²) >= 11 is 0. The van der Waals surface area contributed by atoms with Crippen LogP contribution in [0.3, 0.4) is 0 Å². The van der Waals surface area contributed by atoms with E-state index in [1.54, 1.807) is 20.3 Å². The van der Waals surface area contributed by atoms with Gasteiger partial charge in [0.2, 0.25) is 0 Å². The number of ether oxygens (including phenoxy) is 3. The molecule has 1 unspecified atom stereocenters. The zero-order chi connectivity index (χ0) is 16.8. The maximum Gasteiger partial charge on any atom is 0.414 e. The van der Waals surface area contributed by atoms with Crippen molar-refractivity contribution < 1.29 is 19.0 Å². The molecule has 0 aromatic carbocycles. The van der Waals surface area contributed by atoms with Crippen LogP contribution in [0.2, 0.25) is 0 Å². The first-order valence-electron chi connectivity index (χ1n) is 7.82. The Hall–Kier alpha value is -1.70. The lowest BCUT2D eigenvalue weighted by atomic mass is 10.1. The smallest absolute Gasteiger partial charge is 0.408 e. The number of carbonyl (C=O) groups is 1. The first kappa shape index (κ1) is 17.7. The van der Waals surface area contributed by atoms with Crippen LogP contribution in [0.15, 0.2) is 12.3 Å². The number of rotatable bonds is 5. The Kier molecular flexibility index (Phi) is 6.32. The molecule has 23 heavy (non-hydrogen) atoms. The van der Waals surface area contributed by atoms with Crippen molar-refractivity contribution in [2.75, 3.05) is 47.0 Å². The SMILES string of the molecule is CCOC(c1ccnc(C)c1OC(=O)N(C)C)N1CCOCC1. The number of aryl methyl sites for hydroxylation is 1. The zero-order valence-corrected chi connectivity index (χ0v) is 14.2. The van der Waals surface area contributed by atoms with Gasteiger partial charge in [-0.25, -0.2) is 4.79 Å². The van der Waals surface area contributed by atoms with Gasteiger partial charge in [-0.05, 0) is 19.9 Å². The zero-order valence-electron chi connectivity index (χ0n) is 14.2. The lowest BCUT2D eigenvalue weighted by Crippen LogP contribution is -2.40. The van der Waals surface area contributed by atoms with E-state index in [0.717, 1.165) is 18.7 Å². The van der Waals surface area contributed by atoms with Crippen molar-refractivity contribution in [1.82, 2.24) is 14.8 Å². The number of carbonyl (C=O) groups excluding carboxylic acids is 1. The van der Waals surface area contributed by atoms with Gasteiger partial charge in [-0.2, -0.15) is 0 Å². The van der Waals surface area contributed by atoms with Crippen molar-refractivity contribution in [3.05, 3.63) is 23.5 Å². The van der Waals surface area contributed by atoms with E-state index in [2.05, 4.69) is 9.88 Å². The van der Waals surface area contributed by atoms with Crippen molar-refractivity contribution in [2.24, 2.45) is 0 Å². The predicted octanol–water partition coefficient (Wildman–Crippen LogP) is 1.82.